The highest BCUT2D eigenvalue weighted by Gasteiger charge is 2.12. The molecule has 2 rings (SSSR count). The first-order valence-corrected chi connectivity index (χ1v) is 4.50. The molecule has 0 radical (unpaired) electrons. The second-order valence-corrected chi connectivity index (χ2v) is 3.17. The quantitative estimate of drug-likeness (QED) is 0.793. The van der Waals surface area contributed by atoms with E-state index in [1.165, 1.54) is 12.5 Å². The molecule has 0 unspecified atom stereocenters. The van der Waals surface area contributed by atoms with Gasteiger partial charge in [-0.2, -0.15) is 10.4 Å². The lowest BCUT2D eigenvalue weighted by Crippen LogP contribution is -2.12. The van der Waals surface area contributed by atoms with Crippen molar-refractivity contribution in [1.82, 2.24) is 10.2 Å². The molecule has 0 spiro atoms. The van der Waals surface area contributed by atoms with Crippen LogP contribution in [0.1, 0.15) is 21.7 Å². The monoisotopic (exact) mass is 216 g/mol. The Morgan fingerprint density at radius 3 is 3.12 bits per heavy atom. The van der Waals surface area contributed by atoms with E-state index < -0.39 is 0 Å². The Morgan fingerprint density at radius 1 is 1.69 bits per heavy atom. The summed E-state index contributed by atoms with van der Waals surface area (Å²) in [7, 11) is 0. The second kappa shape index (κ2) is 3.90. The van der Waals surface area contributed by atoms with Crippen LogP contribution < -0.4 is 5.32 Å². The van der Waals surface area contributed by atoms with E-state index in [-0.39, 0.29) is 17.3 Å². The number of hydrogen-bond acceptors (Lipinski definition) is 4. The van der Waals surface area contributed by atoms with Crippen LogP contribution >= 0.6 is 0 Å². The molecular formula is C10H8N4O2. The zero-order valence-electron chi connectivity index (χ0n) is 8.44. The van der Waals surface area contributed by atoms with Crippen molar-refractivity contribution in [2.75, 3.05) is 5.32 Å². The number of aromatic nitrogens is 2. The van der Waals surface area contributed by atoms with Gasteiger partial charge in [0.05, 0.1) is 11.8 Å². The maximum absolute atomic E-state index is 11.7. The molecule has 2 aromatic heterocycles. The summed E-state index contributed by atoms with van der Waals surface area (Å²) in [4.78, 5) is 11.7. The molecule has 80 valence electrons. The van der Waals surface area contributed by atoms with Gasteiger partial charge in [0.1, 0.15) is 29.5 Å². The number of anilines is 1. The molecule has 2 N–H and O–H groups in total. The van der Waals surface area contributed by atoms with Crippen LogP contribution in [0.15, 0.2) is 22.9 Å². The molecule has 0 atom stereocenters. The first-order chi connectivity index (χ1) is 7.70. The number of nitrogens with one attached hydrogen (secondary N) is 2. The Kier molecular flexibility index (Phi) is 2.44. The summed E-state index contributed by atoms with van der Waals surface area (Å²) >= 11 is 0. The molecule has 1 amide bonds. The first-order valence-electron chi connectivity index (χ1n) is 4.50. The zero-order chi connectivity index (χ0) is 11.5. The molecule has 0 aliphatic heterocycles. The molecule has 16 heavy (non-hydrogen) atoms. The average molecular weight is 216 g/mol. The van der Waals surface area contributed by atoms with Gasteiger partial charge >= 0.3 is 0 Å². The molecule has 0 aliphatic rings. The number of nitrogens with zero attached hydrogens (tertiary/aromatic N) is 2. The second-order valence-electron chi connectivity index (χ2n) is 3.17. The van der Waals surface area contributed by atoms with E-state index >= 15 is 0 Å². The number of H-pyrrole nitrogens is 1. The minimum absolute atomic E-state index is 0.284. The number of aromatic amines is 1. The molecule has 0 saturated carbocycles. The molecular weight excluding hydrogens is 208 g/mol. The number of nitriles is 1. The lowest BCUT2D eigenvalue weighted by Gasteiger charge is -1.99. The summed E-state index contributed by atoms with van der Waals surface area (Å²) in [6.45, 7) is 1.74. The number of furan rings is 1. The molecule has 0 aliphatic carbocycles. The average Bonchev–Trinajstić information content (AvgIpc) is 2.86. The smallest absolute Gasteiger partial charge is 0.260 e. The molecule has 2 aromatic rings. The van der Waals surface area contributed by atoms with Crippen molar-refractivity contribution in [3.05, 3.63) is 35.4 Å². The maximum Gasteiger partial charge on any atom is 0.260 e. The molecule has 0 fully saturated rings. The van der Waals surface area contributed by atoms with Crippen LogP contribution in [0.25, 0.3) is 0 Å². The van der Waals surface area contributed by atoms with Crippen molar-refractivity contribution in [2.45, 2.75) is 6.92 Å². The third-order valence-corrected chi connectivity index (χ3v) is 1.99. The van der Waals surface area contributed by atoms with Crippen LogP contribution in [0.5, 0.6) is 0 Å². The molecule has 0 saturated heterocycles. The van der Waals surface area contributed by atoms with Crippen molar-refractivity contribution in [2.24, 2.45) is 0 Å². The predicted molar refractivity (Wildman–Crippen MR) is 54.7 cm³/mol. The maximum atomic E-state index is 11.7. The number of aryl methyl sites for hydroxylation is 1. The Bertz CT molecular complexity index is 561. The topological polar surface area (TPSA) is 94.7 Å². The summed E-state index contributed by atoms with van der Waals surface area (Å²) in [6, 6.07) is 3.51. The predicted octanol–water partition coefficient (Wildman–Crippen LogP) is 1.44. The number of hydrogen-bond donors (Lipinski definition) is 2. The fraction of sp³-hybridized carbons (Fsp3) is 0.100. The van der Waals surface area contributed by atoms with E-state index in [2.05, 4.69) is 15.5 Å². The van der Waals surface area contributed by atoms with Crippen LogP contribution in [0, 0.1) is 18.3 Å². The highest BCUT2D eigenvalue weighted by Crippen LogP contribution is 2.12. The van der Waals surface area contributed by atoms with Gasteiger partial charge in [0.15, 0.2) is 0 Å². The standard InChI is InChI=1S/C10H8N4O2/c1-6-2-7(5-16-6)10(15)13-9-8(3-11)4-12-14-9/h2,4-5H,1H3,(H2,12,13,14,15). The van der Waals surface area contributed by atoms with E-state index in [0.717, 1.165) is 0 Å². The van der Waals surface area contributed by atoms with Gasteiger partial charge < -0.3 is 9.73 Å². The normalized spacial score (nSPS) is 9.75. The minimum atomic E-state index is -0.349. The number of carbonyl (C=O) groups is 1. The summed E-state index contributed by atoms with van der Waals surface area (Å²) in [5.74, 6) is 0.583. The Labute approximate surface area is 90.9 Å². The van der Waals surface area contributed by atoms with Crippen LogP contribution in [-0.4, -0.2) is 16.1 Å². The summed E-state index contributed by atoms with van der Waals surface area (Å²) in [6.07, 6.45) is 2.70. The number of carbonyl (C=O) groups excluding carboxylic acids is 1. The fourth-order valence-corrected chi connectivity index (χ4v) is 1.21. The van der Waals surface area contributed by atoms with Gasteiger partial charge in [-0.1, -0.05) is 0 Å². The van der Waals surface area contributed by atoms with Crippen LogP contribution in [0.2, 0.25) is 0 Å². The largest absolute Gasteiger partial charge is 0.469 e. The Hall–Kier alpha value is -2.55. The lowest BCUT2D eigenvalue weighted by molar-refractivity contribution is 0.102. The van der Waals surface area contributed by atoms with E-state index in [1.807, 2.05) is 6.07 Å². The van der Waals surface area contributed by atoms with E-state index in [0.29, 0.717) is 11.3 Å². The van der Waals surface area contributed by atoms with E-state index in [1.54, 1.807) is 13.0 Å². The summed E-state index contributed by atoms with van der Waals surface area (Å²) in [5.41, 5.74) is 0.685. The van der Waals surface area contributed by atoms with Crippen molar-refractivity contribution >= 4 is 11.7 Å². The van der Waals surface area contributed by atoms with Gasteiger partial charge in [-0.15, -0.1) is 0 Å². The first kappa shape index (κ1) is 9.98. The molecule has 0 bridgehead atoms. The summed E-state index contributed by atoms with van der Waals surface area (Å²) < 4.78 is 5.01. The van der Waals surface area contributed by atoms with Crippen molar-refractivity contribution in [1.29, 1.82) is 5.26 Å². The van der Waals surface area contributed by atoms with Gasteiger partial charge in [0.25, 0.3) is 5.91 Å². The number of rotatable bonds is 2. The zero-order valence-corrected chi connectivity index (χ0v) is 8.44. The van der Waals surface area contributed by atoms with E-state index in [4.69, 9.17) is 9.68 Å². The van der Waals surface area contributed by atoms with Gasteiger partial charge in [-0.3, -0.25) is 9.89 Å². The summed E-state index contributed by atoms with van der Waals surface area (Å²) in [5, 5.41) is 17.4. The lowest BCUT2D eigenvalue weighted by atomic mass is 10.3. The highest BCUT2D eigenvalue weighted by atomic mass is 16.3. The third-order valence-electron chi connectivity index (χ3n) is 1.99. The number of amides is 1. The van der Waals surface area contributed by atoms with Crippen LogP contribution in [0.3, 0.4) is 0 Å². The third kappa shape index (κ3) is 1.79. The fourth-order valence-electron chi connectivity index (χ4n) is 1.21. The van der Waals surface area contributed by atoms with Crippen LogP contribution in [-0.2, 0) is 0 Å². The van der Waals surface area contributed by atoms with Crippen molar-refractivity contribution in [3.8, 4) is 6.07 Å². The van der Waals surface area contributed by atoms with Crippen molar-refractivity contribution < 1.29 is 9.21 Å². The Morgan fingerprint density at radius 2 is 2.50 bits per heavy atom. The van der Waals surface area contributed by atoms with Crippen LogP contribution in [0.4, 0.5) is 5.82 Å². The molecule has 0 aromatic carbocycles. The van der Waals surface area contributed by atoms with Gasteiger partial charge in [-0.25, -0.2) is 0 Å². The van der Waals surface area contributed by atoms with Gasteiger partial charge in [-0.05, 0) is 13.0 Å². The molecule has 2 heterocycles. The SMILES string of the molecule is Cc1cc(C(=O)Nc2[nH]ncc2C#N)co1. The molecule has 6 nitrogen and oxygen atoms in total. The van der Waals surface area contributed by atoms with E-state index in [9.17, 15) is 4.79 Å². The Balaban J connectivity index is 2.17. The minimum Gasteiger partial charge on any atom is -0.469 e. The van der Waals surface area contributed by atoms with Gasteiger partial charge in [0.2, 0.25) is 0 Å². The van der Waals surface area contributed by atoms with Gasteiger partial charge in [0, 0.05) is 0 Å². The molecule has 6 heteroatoms. The van der Waals surface area contributed by atoms with Crippen molar-refractivity contribution in [3.63, 3.8) is 0 Å². The highest BCUT2D eigenvalue weighted by molar-refractivity contribution is 6.04.